The number of likely N-dealkylation sites (tertiary alicyclic amines) is 1. The molecule has 2 fully saturated rings. The van der Waals surface area contributed by atoms with Gasteiger partial charge in [-0.3, -0.25) is 9.48 Å². The summed E-state index contributed by atoms with van der Waals surface area (Å²) in [5, 5.41) is 14.0. The van der Waals surface area contributed by atoms with Crippen molar-refractivity contribution in [2.45, 2.75) is 64.1 Å². The van der Waals surface area contributed by atoms with E-state index in [9.17, 15) is 14.7 Å². The number of Topliss-reactive ketones (excluding diaryl/α,β-unsaturated/α-hetero) is 1. The van der Waals surface area contributed by atoms with Crippen molar-refractivity contribution in [2.24, 2.45) is 5.41 Å². The van der Waals surface area contributed by atoms with Crippen molar-refractivity contribution in [2.75, 3.05) is 19.8 Å². The first-order chi connectivity index (χ1) is 12.7. The van der Waals surface area contributed by atoms with E-state index in [1.54, 1.807) is 4.68 Å². The van der Waals surface area contributed by atoms with E-state index in [0.717, 1.165) is 6.42 Å². The lowest BCUT2D eigenvalue weighted by Gasteiger charge is -2.50. The lowest BCUT2D eigenvalue weighted by atomic mass is 9.72. The number of hydrogen-bond donors (Lipinski definition) is 1. The SMILES string of the molecule is CC(C)(C)C1CC2(CCN1C(=O)O)CC(=O)c1nn(C3CCOC3)cc1O2. The van der Waals surface area contributed by atoms with Crippen LogP contribution in [0.1, 0.15) is 63.0 Å². The van der Waals surface area contributed by atoms with E-state index in [0.29, 0.717) is 44.0 Å². The molecule has 8 nitrogen and oxygen atoms in total. The van der Waals surface area contributed by atoms with Crippen LogP contribution in [0.4, 0.5) is 4.79 Å². The van der Waals surface area contributed by atoms with E-state index < -0.39 is 11.7 Å². The van der Waals surface area contributed by atoms with Crippen LogP contribution in [0.5, 0.6) is 5.75 Å². The highest BCUT2D eigenvalue weighted by Crippen LogP contribution is 2.44. The van der Waals surface area contributed by atoms with E-state index in [2.05, 4.69) is 5.10 Å². The molecule has 3 aliphatic heterocycles. The van der Waals surface area contributed by atoms with Crippen LogP contribution in [0.25, 0.3) is 0 Å². The number of piperidine rings is 1. The number of amides is 1. The lowest BCUT2D eigenvalue weighted by Crippen LogP contribution is -2.59. The molecule has 0 radical (unpaired) electrons. The summed E-state index contributed by atoms with van der Waals surface area (Å²) in [7, 11) is 0. The first-order valence-electron chi connectivity index (χ1n) is 9.57. The Kier molecular flexibility index (Phi) is 4.21. The predicted octanol–water partition coefficient (Wildman–Crippen LogP) is 2.74. The van der Waals surface area contributed by atoms with E-state index >= 15 is 0 Å². The van der Waals surface area contributed by atoms with Crippen LogP contribution in [0.2, 0.25) is 0 Å². The molecule has 27 heavy (non-hydrogen) atoms. The Hall–Kier alpha value is -2.09. The number of rotatable bonds is 1. The molecule has 0 aromatic carbocycles. The number of ether oxygens (including phenoxy) is 2. The van der Waals surface area contributed by atoms with Crippen molar-refractivity contribution in [3.8, 4) is 5.75 Å². The fraction of sp³-hybridized carbons (Fsp3) is 0.737. The fourth-order valence-electron chi connectivity index (χ4n) is 4.51. The molecule has 0 aliphatic carbocycles. The van der Waals surface area contributed by atoms with E-state index in [1.807, 2.05) is 27.0 Å². The third-order valence-corrected chi connectivity index (χ3v) is 6.05. The van der Waals surface area contributed by atoms with Crippen molar-refractivity contribution in [3.63, 3.8) is 0 Å². The zero-order valence-corrected chi connectivity index (χ0v) is 16.1. The van der Waals surface area contributed by atoms with Gasteiger partial charge in [0.25, 0.3) is 0 Å². The highest BCUT2D eigenvalue weighted by atomic mass is 16.5. The summed E-state index contributed by atoms with van der Waals surface area (Å²) < 4.78 is 13.6. The molecule has 3 unspecified atom stereocenters. The molecule has 4 rings (SSSR count). The first-order valence-corrected chi connectivity index (χ1v) is 9.57. The molecule has 148 valence electrons. The molecular formula is C19H27N3O5. The van der Waals surface area contributed by atoms with Gasteiger partial charge in [-0.2, -0.15) is 5.10 Å². The van der Waals surface area contributed by atoms with Gasteiger partial charge in [0.1, 0.15) is 5.60 Å². The Morgan fingerprint density at radius 2 is 2.19 bits per heavy atom. The summed E-state index contributed by atoms with van der Waals surface area (Å²) in [5.74, 6) is 0.500. The normalized spacial score (nSPS) is 31.1. The third kappa shape index (κ3) is 3.20. The topological polar surface area (TPSA) is 93.9 Å². The van der Waals surface area contributed by atoms with Crippen LogP contribution in [0.3, 0.4) is 0 Å². The summed E-state index contributed by atoms with van der Waals surface area (Å²) in [6.45, 7) is 7.75. The molecule has 1 aromatic heterocycles. The predicted molar refractivity (Wildman–Crippen MR) is 96.2 cm³/mol. The molecule has 8 heteroatoms. The second-order valence-corrected chi connectivity index (χ2v) is 9.04. The van der Waals surface area contributed by atoms with Crippen LogP contribution >= 0.6 is 0 Å². The van der Waals surface area contributed by atoms with E-state index in [4.69, 9.17) is 9.47 Å². The highest BCUT2D eigenvalue weighted by Gasteiger charge is 2.51. The number of ketones is 1. The number of carbonyl (C=O) groups excluding carboxylic acids is 1. The van der Waals surface area contributed by atoms with Crippen molar-refractivity contribution in [1.29, 1.82) is 0 Å². The molecule has 3 aliphatic rings. The molecule has 2 saturated heterocycles. The van der Waals surface area contributed by atoms with E-state index in [1.165, 1.54) is 4.90 Å². The van der Waals surface area contributed by atoms with Gasteiger partial charge >= 0.3 is 6.09 Å². The number of aromatic nitrogens is 2. The molecule has 1 amide bonds. The van der Waals surface area contributed by atoms with Crippen molar-refractivity contribution in [3.05, 3.63) is 11.9 Å². The minimum atomic E-state index is -0.915. The second-order valence-electron chi connectivity index (χ2n) is 9.04. The monoisotopic (exact) mass is 377 g/mol. The van der Waals surface area contributed by atoms with Gasteiger partial charge in [-0.15, -0.1) is 0 Å². The zero-order chi connectivity index (χ0) is 19.4. The molecule has 0 saturated carbocycles. The van der Waals surface area contributed by atoms with Gasteiger partial charge in [0.15, 0.2) is 17.2 Å². The number of nitrogens with zero attached hydrogens (tertiary/aromatic N) is 3. The molecule has 1 spiro atoms. The molecule has 4 heterocycles. The molecule has 1 aromatic rings. The van der Waals surface area contributed by atoms with Gasteiger partial charge in [0.05, 0.1) is 25.3 Å². The smallest absolute Gasteiger partial charge is 0.407 e. The second kappa shape index (κ2) is 6.22. The number of fused-ring (bicyclic) bond motifs is 1. The maximum Gasteiger partial charge on any atom is 0.407 e. The molecular weight excluding hydrogens is 350 g/mol. The number of hydrogen-bond acceptors (Lipinski definition) is 5. The average molecular weight is 377 g/mol. The Morgan fingerprint density at radius 3 is 2.81 bits per heavy atom. The largest absolute Gasteiger partial charge is 0.483 e. The summed E-state index contributed by atoms with van der Waals surface area (Å²) >= 11 is 0. The first kappa shape index (κ1) is 18.3. The Labute approximate surface area is 158 Å². The number of carbonyl (C=O) groups is 2. The quantitative estimate of drug-likeness (QED) is 0.809. The third-order valence-electron chi connectivity index (χ3n) is 6.05. The van der Waals surface area contributed by atoms with Crippen LogP contribution in [-0.2, 0) is 4.74 Å². The Bertz CT molecular complexity index is 762. The average Bonchev–Trinajstić information content (AvgIpc) is 3.22. The van der Waals surface area contributed by atoms with Crippen LogP contribution in [0, 0.1) is 5.41 Å². The number of carboxylic acid groups (broad SMARTS) is 1. The van der Waals surface area contributed by atoms with Gasteiger partial charge in [-0.25, -0.2) is 4.79 Å². The van der Waals surface area contributed by atoms with Gasteiger partial charge < -0.3 is 19.5 Å². The molecule has 0 bridgehead atoms. The lowest BCUT2D eigenvalue weighted by molar-refractivity contribution is -0.0522. The highest BCUT2D eigenvalue weighted by molar-refractivity contribution is 5.98. The van der Waals surface area contributed by atoms with Gasteiger partial charge in [0.2, 0.25) is 0 Å². The molecule has 3 atom stereocenters. The minimum Gasteiger partial charge on any atom is -0.483 e. The van der Waals surface area contributed by atoms with Crippen LogP contribution in [-0.4, -0.2) is 63.1 Å². The maximum atomic E-state index is 12.8. The maximum absolute atomic E-state index is 12.8. The van der Waals surface area contributed by atoms with Crippen LogP contribution < -0.4 is 4.74 Å². The summed E-state index contributed by atoms with van der Waals surface area (Å²) in [6.07, 6.45) is 3.03. The fourth-order valence-corrected chi connectivity index (χ4v) is 4.51. The van der Waals surface area contributed by atoms with Gasteiger partial charge in [0, 0.05) is 32.0 Å². The summed E-state index contributed by atoms with van der Waals surface area (Å²) in [4.78, 5) is 26.0. The molecule has 1 N–H and O–H groups in total. The van der Waals surface area contributed by atoms with Crippen molar-refractivity contribution < 1.29 is 24.2 Å². The Morgan fingerprint density at radius 1 is 1.41 bits per heavy atom. The summed E-state index contributed by atoms with van der Waals surface area (Å²) in [5.41, 5.74) is -0.516. The van der Waals surface area contributed by atoms with Gasteiger partial charge in [-0.05, 0) is 11.8 Å². The Balaban J connectivity index is 1.61. The van der Waals surface area contributed by atoms with Crippen molar-refractivity contribution in [1.82, 2.24) is 14.7 Å². The van der Waals surface area contributed by atoms with Gasteiger partial charge in [-0.1, -0.05) is 20.8 Å². The van der Waals surface area contributed by atoms with Crippen LogP contribution in [0.15, 0.2) is 6.20 Å². The summed E-state index contributed by atoms with van der Waals surface area (Å²) in [6, 6.07) is -0.0736. The standard InChI is InChI=1S/C19H27N3O5/c1-18(2,3)15-9-19(5-6-21(15)17(24)25)8-13(23)16-14(27-19)10-22(20-16)12-4-7-26-11-12/h10,12,15H,4-9,11H2,1-3H3,(H,24,25). The van der Waals surface area contributed by atoms with E-state index in [-0.39, 0.29) is 29.7 Å². The zero-order valence-electron chi connectivity index (χ0n) is 16.1. The minimum absolute atomic E-state index is 0.0228. The van der Waals surface area contributed by atoms with Crippen molar-refractivity contribution >= 4 is 11.9 Å².